The molecule has 62 heavy (non-hydrogen) atoms. The molecule has 290 valence electrons. The fourth-order valence-corrected chi connectivity index (χ4v) is 8.38. The van der Waals surface area contributed by atoms with Gasteiger partial charge >= 0.3 is 0 Å². The smallest absolute Gasteiger partial charge is 0.136 e. The van der Waals surface area contributed by atoms with Crippen LogP contribution in [0.3, 0.4) is 0 Å². The third-order valence-electron chi connectivity index (χ3n) is 11.3. The fourth-order valence-electron chi connectivity index (χ4n) is 8.38. The summed E-state index contributed by atoms with van der Waals surface area (Å²) in [6.07, 6.45) is 0. The molecular formula is C60H39NO. The van der Waals surface area contributed by atoms with Crippen LogP contribution in [0, 0.1) is 0 Å². The van der Waals surface area contributed by atoms with E-state index in [1.165, 1.54) is 4.90 Å². The topological polar surface area (TPSA) is 16.4 Å². The normalized spacial score (nSPS) is 14.9. The predicted octanol–water partition coefficient (Wildman–Crippen LogP) is 17.2. The average Bonchev–Trinajstić information content (AvgIpc) is 3.84. The Kier molecular flexibility index (Phi) is 5.63. The highest BCUT2D eigenvalue weighted by atomic mass is 16.3. The van der Waals surface area contributed by atoms with E-state index in [0.717, 1.165) is 38.1 Å². The maximum atomic E-state index is 9.87. The molecule has 0 aliphatic rings. The SMILES string of the molecule is [2H]c1c([2H])c(N(c2ccccc2-c2cccc3oc4cc5ccccc5cc4c23)c2c([2H])c([2H])c(-c3c([2H])c([2H])c([2H])c4c([2H])c([2H])c([2H])c([2H])c34)c([2H])c2[2H])c([2H])c([2H])c1-c1ccc(-c2cccc3ccccc23)cc1. The van der Waals surface area contributed by atoms with Gasteiger partial charge in [0.15, 0.2) is 0 Å². The van der Waals surface area contributed by atoms with Crippen LogP contribution in [-0.2, 0) is 0 Å². The molecule has 0 N–H and O–H groups in total. The van der Waals surface area contributed by atoms with E-state index in [1.54, 1.807) is 42.5 Å². The van der Waals surface area contributed by atoms with E-state index in [2.05, 4.69) is 0 Å². The lowest BCUT2D eigenvalue weighted by molar-refractivity contribution is 0.669. The summed E-state index contributed by atoms with van der Waals surface area (Å²) in [4.78, 5) is 1.19. The van der Waals surface area contributed by atoms with Gasteiger partial charge in [-0.05, 0) is 120 Å². The van der Waals surface area contributed by atoms with Gasteiger partial charge in [-0.25, -0.2) is 0 Å². The molecule has 0 fully saturated rings. The molecule has 0 unspecified atom stereocenters. The number of furan rings is 1. The maximum Gasteiger partial charge on any atom is 0.136 e. The Balaban J connectivity index is 1.13. The van der Waals surface area contributed by atoms with Gasteiger partial charge in [-0.2, -0.15) is 0 Å². The van der Waals surface area contributed by atoms with Crippen LogP contribution in [0.15, 0.2) is 241 Å². The highest BCUT2D eigenvalue weighted by molar-refractivity contribution is 6.16. The summed E-state index contributed by atoms with van der Waals surface area (Å²) in [5.74, 6) is 0. The van der Waals surface area contributed by atoms with Gasteiger partial charge in [0.05, 0.1) is 26.2 Å². The number of hydrogen-bond donors (Lipinski definition) is 0. The van der Waals surface area contributed by atoms with E-state index in [9.17, 15) is 11.0 Å². The minimum absolute atomic E-state index is 0.0262. The third kappa shape index (κ3) is 6.12. The van der Waals surface area contributed by atoms with E-state index < -0.39 is 124 Å². The second kappa shape index (κ2) is 14.8. The molecule has 1 heterocycles. The van der Waals surface area contributed by atoms with Crippen LogP contribution >= 0.6 is 0 Å². The summed E-state index contributed by atoms with van der Waals surface area (Å²) in [6.45, 7) is 0. The molecule has 0 radical (unpaired) electrons. The van der Waals surface area contributed by atoms with Crippen LogP contribution in [0.1, 0.15) is 20.6 Å². The van der Waals surface area contributed by atoms with Crippen molar-refractivity contribution in [1.29, 1.82) is 0 Å². The monoisotopic (exact) mass is 804 g/mol. The van der Waals surface area contributed by atoms with Crippen LogP contribution in [-0.4, -0.2) is 0 Å². The summed E-state index contributed by atoms with van der Waals surface area (Å²) in [5, 5.41) is 4.53. The molecule has 2 nitrogen and oxygen atoms in total. The molecule has 12 aromatic rings. The predicted molar refractivity (Wildman–Crippen MR) is 263 cm³/mol. The quantitative estimate of drug-likeness (QED) is 0.160. The average molecular weight is 805 g/mol. The molecule has 0 aliphatic heterocycles. The molecule has 0 saturated carbocycles. The van der Waals surface area contributed by atoms with Gasteiger partial charge in [-0.15, -0.1) is 0 Å². The van der Waals surface area contributed by atoms with Crippen molar-refractivity contribution in [3.63, 3.8) is 0 Å². The Morgan fingerprint density at radius 3 is 1.77 bits per heavy atom. The third-order valence-corrected chi connectivity index (χ3v) is 11.3. The van der Waals surface area contributed by atoms with E-state index >= 15 is 0 Å². The van der Waals surface area contributed by atoms with Crippen LogP contribution in [0.25, 0.3) is 98.8 Å². The summed E-state index contributed by atoms with van der Waals surface area (Å²) >= 11 is 0. The number of nitrogens with zero attached hydrogens (tertiary/aromatic N) is 1. The second-order valence-electron chi connectivity index (χ2n) is 14.9. The van der Waals surface area contributed by atoms with Gasteiger partial charge in [-0.1, -0.05) is 188 Å². The van der Waals surface area contributed by atoms with Gasteiger partial charge in [0.25, 0.3) is 0 Å². The van der Waals surface area contributed by atoms with Crippen molar-refractivity contribution in [3.8, 4) is 44.5 Å². The number of rotatable bonds is 7. The van der Waals surface area contributed by atoms with Crippen molar-refractivity contribution < 1.29 is 25.0 Å². The van der Waals surface area contributed by atoms with Crippen molar-refractivity contribution in [3.05, 3.63) is 236 Å². The fraction of sp³-hybridized carbons (Fsp3) is 0. The van der Waals surface area contributed by atoms with Crippen molar-refractivity contribution in [2.24, 2.45) is 0 Å². The first-order chi connectivity index (χ1) is 37.0. The molecule has 0 atom stereocenters. The lowest BCUT2D eigenvalue weighted by Crippen LogP contribution is -2.11. The lowest BCUT2D eigenvalue weighted by atomic mass is 9.95. The molecule has 11 aromatic carbocycles. The molecule has 12 rings (SSSR count). The van der Waals surface area contributed by atoms with Crippen molar-refractivity contribution in [2.75, 3.05) is 4.90 Å². The summed E-state index contributed by atoms with van der Waals surface area (Å²) in [6, 6.07) is 34.8. The lowest BCUT2D eigenvalue weighted by Gasteiger charge is -2.28. The van der Waals surface area contributed by atoms with Crippen molar-refractivity contribution >= 4 is 71.3 Å². The first-order valence-corrected chi connectivity index (χ1v) is 20.0. The molecule has 0 bridgehead atoms. The van der Waals surface area contributed by atoms with Crippen LogP contribution < -0.4 is 4.90 Å². The van der Waals surface area contributed by atoms with Crippen molar-refractivity contribution in [2.45, 2.75) is 0 Å². The molecule has 0 amide bonds. The van der Waals surface area contributed by atoms with Gasteiger partial charge in [0.1, 0.15) is 11.2 Å². The van der Waals surface area contributed by atoms with Crippen molar-refractivity contribution in [1.82, 2.24) is 0 Å². The molecule has 2 heteroatoms. The minimum atomic E-state index is -0.809. The summed E-state index contributed by atoms with van der Waals surface area (Å²) < 4.78 is 146. The van der Waals surface area contributed by atoms with E-state index in [1.807, 2.05) is 103 Å². The Morgan fingerprint density at radius 1 is 0.339 bits per heavy atom. The summed E-state index contributed by atoms with van der Waals surface area (Å²) in [7, 11) is 0. The Labute approximate surface area is 381 Å². The van der Waals surface area contributed by atoms with Crippen LogP contribution in [0.5, 0.6) is 0 Å². The highest BCUT2D eigenvalue weighted by Crippen LogP contribution is 2.46. The highest BCUT2D eigenvalue weighted by Gasteiger charge is 2.21. The van der Waals surface area contributed by atoms with Gasteiger partial charge in [-0.3, -0.25) is 0 Å². The number of hydrogen-bond acceptors (Lipinski definition) is 2. The second-order valence-corrected chi connectivity index (χ2v) is 14.9. The number of fused-ring (bicyclic) bond motifs is 6. The van der Waals surface area contributed by atoms with E-state index in [0.29, 0.717) is 33.2 Å². The zero-order valence-electron chi connectivity index (χ0n) is 47.7. The Hall–Kier alpha value is -8.20. The van der Waals surface area contributed by atoms with E-state index in [-0.39, 0.29) is 11.3 Å². The Morgan fingerprint density at radius 2 is 0.952 bits per heavy atom. The van der Waals surface area contributed by atoms with Crippen LogP contribution in [0.4, 0.5) is 17.1 Å². The molecule has 0 saturated heterocycles. The van der Waals surface area contributed by atoms with Gasteiger partial charge in [0, 0.05) is 27.7 Å². The maximum absolute atomic E-state index is 9.87. The van der Waals surface area contributed by atoms with Crippen LogP contribution in [0.2, 0.25) is 0 Å². The first-order valence-electron chi connectivity index (χ1n) is 27.5. The minimum Gasteiger partial charge on any atom is -0.456 e. The molecule has 0 aliphatic carbocycles. The largest absolute Gasteiger partial charge is 0.456 e. The Bertz CT molecular complexity index is 4460. The molecule has 0 spiro atoms. The van der Waals surface area contributed by atoms with Gasteiger partial charge in [0.2, 0.25) is 0 Å². The number of benzene rings is 11. The van der Waals surface area contributed by atoms with Gasteiger partial charge < -0.3 is 9.32 Å². The molecular weight excluding hydrogens is 751 g/mol. The zero-order valence-corrected chi connectivity index (χ0v) is 32.7. The number of para-hydroxylation sites is 1. The number of anilines is 3. The standard InChI is InChI=1S/C60H39NO/c1-2-15-47-39-59-56(38-46(47)14-1)60-55(23-11-25-58(60)62-59)54-20-7-8-24-57(54)61(49-36-32-45(33-37-49)53-22-10-17-43-13-4-6-19-51(43)53)48-34-30-41(31-35-48)40-26-28-44(29-27-40)52-21-9-16-42-12-3-5-18-50(42)52/h1-39H/i4D,6D,10D,13D,17D,19D,22D,30D,31D,32D,33D,34D,35D,36D,37D. The zero-order chi connectivity index (χ0) is 54.0. The van der Waals surface area contributed by atoms with E-state index in [4.69, 9.17) is 14.0 Å². The first kappa shape index (κ1) is 23.6. The molecule has 1 aromatic heterocycles. The summed E-state index contributed by atoms with van der Waals surface area (Å²) in [5.41, 5.74) is 2.38.